The van der Waals surface area contributed by atoms with Gasteiger partial charge in [-0.1, -0.05) is 0 Å². The lowest BCUT2D eigenvalue weighted by atomic mass is 10.1. The number of carbonyl (C=O) groups excluding carboxylic acids is 1. The van der Waals surface area contributed by atoms with Crippen molar-refractivity contribution < 1.29 is 9.53 Å². The van der Waals surface area contributed by atoms with Crippen molar-refractivity contribution in [2.45, 2.75) is 45.9 Å². The molecular weight excluding hydrogens is 180 g/mol. The molecule has 0 spiro atoms. The van der Waals surface area contributed by atoms with E-state index >= 15 is 0 Å². The largest absolute Gasteiger partial charge is 0.447 e. The summed E-state index contributed by atoms with van der Waals surface area (Å²) >= 11 is 0. The molecule has 4 nitrogen and oxygen atoms in total. The second-order valence-corrected chi connectivity index (χ2v) is 4.34. The number of carbonyl (C=O) groups is 1. The summed E-state index contributed by atoms with van der Waals surface area (Å²) in [6, 6.07) is 0.831. The molecule has 0 aromatic heterocycles. The molecule has 0 atom stereocenters. The van der Waals surface area contributed by atoms with E-state index in [1.165, 1.54) is 0 Å². The number of likely N-dealkylation sites (tertiary alicyclic amines) is 1. The number of nitrogens with one attached hydrogen (secondary N) is 1. The van der Waals surface area contributed by atoms with Crippen LogP contribution in [-0.4, -0.2) is 42.3 Å². The standard InChI is InChI=1S/C10H20N2O2/c1-7(2)12-5-9(6-12)11-10(13)14-8(3)4/h7-9H,5-6H2,1-4H3,(H,11,13). The lowest BCUT2D eigenvalue weighted by molar-refractivity contribution is 0.0704. The van der Waals surface area contributed by atoms with E-state index in [1.54, 1.807) is 0 Å². The van der Waals surface area contributed by atoms with Crippen LogP contribution in [0.4, 0.5) is 4.79 Å². The van der Waals surface area contributed by atoms with Gasteiger partial charge >= 0.3 is 6.09 Å². The molecule has 1 fully saturated rings. The molecule has 14 heavy (non-hydrogen) atoms. The fourth-order valence-corrected chi connectivity index (χ4v) is 1.44. The van der Waals surface area contributed by atoms with Crippen molar-refractivity contribution in [1.29, 1.82) is 0 Å². The number of alkyl carbamates (subject to hydrolysis) is 1. The highest BCUT2D eigenvalue weighted by molar-refractivity contribution is 5.68. The van der Waals surface area contributed by atoms with Gasteiger partial charge in [-0.15, -0.1) is 0 Å². The average Bonchev–Trinajstić information content (AvgIpc) is 1.93. The Hall–Kier alpha value is -0.770. The Morgan fingerprint density at radius 3 is 2.36 bits per heavy atom. The lowest BCUT2D eigenvalue weighted by Gasteiger charge is -2.42. The van der Waals surface area contributed by atoms with Gasteiger partial charge in [0.1, 0.15) is 0 Å². The number of hydrogen-bond acceptors (Lipinski definition) is 3. The number of hydrogen-bond donors (Lipinski definition) is 1. The van der Waals surface area contributed by atoms with Gasteiger partial charge in [-0.3, -0.25) is 4.90 Å². The van der Waals surface area contributed by atoms with E-state index in [-0.39, 0.29) is 18.2 Å². The van der Waals surface area contributed by atoms with Crippen LogP contribution in [0.15, 0.2) is 0 Å². The second kappa shape index (κ2) is 4.64. The monoisotopic (exact) mass is 200 g/mol. The fraction of sp³-hybridized carbons (Fsp3) is 0.900. The van der Waals surface area contributed by atoms with Crippen LogP contribution in [0.3, 0.4) is 0 Å². The van der Waals surface area contributed by atoms with Crippen LogP contribution >= 0.6 is 0 Å². The molecule has 1 aliphatic rings. The van der Waals surface area contributed by atoms with E-state index in [0.29, 0.717) is 6.04 Å². The van der Waals surface area contributed by atoms with Gasteiger partial charge in [0.05, 0.1) is 12.1 Å². The first-order valence-electron chi connectivity index (χ1n) is 5.20. The van der Waals surface area contributed by atoms with Crippen LogP contribution in [0.25, 0.3) is 0 Å². The van der Waals surface area contributed by atoms with Crippen molar-refractivity contribution in [2.24, 2.45) is 0 Å². The quantitative estimate of drug-likeness (QED) is 0.744. The maximum atomic E-state index is 11.2. The first-order valence-corrected chi connectivity index (χ1v) is 5.20. The first-order chi connectivity index (χ1) is 6.49. The van der Waals surface area contributed by atoms with Gasteiger partial charge in [-0.05, 0) is 27.7 Å². The smallest absolute Gasteiger partial charge is 0.407 e. The van der Waals surface area contributed by atoms with E-state index in [9.17, 15) is 4.79 Å². The molecule has 0 saturated carbocycles. The molecule has 1 N–H and O–H groups in total. The maximum Gasteiger partial charge on any atom is 0.407 e. The van der Waals surface area contributed by atoms with E-state index in [1.807, 2.05) is 13.8 Å². The summed E-state index contributed by atoms with van der Waals surface area (Å²) in [6.07, 6.45) is -0.343. The van der Waals surface area contributed by atoms with Crippen LogP contribution in [0.2, 0.25) is 0 Å². The molecule has 0 radical (unpaired) electrons. The molecule has 1 heterocycles. The van der Waals surface area contributed by atoms with Crippen molar-refractivity contribution in [1.82, 2.24) is 10.2 Å². The third-order valence-corrected chi connectivity index (χ3v) is 2.30. The van der Waals surface area contributed by atoms with Crippen molar-refractivity contribution in [3.05, 3.63) is 0 Å². The third-order valence-electron chi connectivity index (χ3n) is 2.30. The van der Waals surface area contributed by atoms with Crippen molar-refractivity contribution >= 4 is 6.09 Å². The minimum absolute atomic E-state index is 0.0451. The minimum atomic E-state index is -0.298. The van der Waals surface area contributed by atoms with Crippen LogP contribution in [0.5, 0.6) is 0 Å². The Morgan fingerprint density at radius 1 is 1.36 bits per heavy atom. The normalized spacial score (nSPS) is 18.4. The zero-order valence-electron chi connectivity index (χ0n) is 9.41. The van der Waals surface area contributed by atoms with Gasteiger partial charge in [0.15, 0.2) is 0 Å². The SMILES string of the molecule is CC(C)OC(=O)NC1CN(C(C)C)C1. The predicted molar refractivity (Wildman–Crippen MR) is 55.2 cm³/mol. The summed E-state index contributed by atoms with van der Waals surface area (Å²) in [5.74, 6) is 0. The Labute approximate surface area is 85.6 Å². The van der Waals surface area contributed by atoms with Crippen LogP contribution in [0.1, 0.15) is 27.7 Å². The molecular formula is C10H20N2O2. The van der Waals surface area contributed by atoms with Crippen molar-refractivity contribution in [3.63, 3.8) is 0 Å². The van der Waals surface area contributed by atoms with Gasteiger partial charge < -0.3 is 10.1 Å². The maximum absolute atomic E-state index is 11.2. The van der Waals surface area contributed by atoms with E-state index in [2.05, 4.69) is 24.1 Å². The molecule has 0 unspecified atom stereocenters. The van der Waals surface area contributed by atoms with Gasteiger partial charge in [0, 0.05) is 19.1 Å². The summed E-state index contributed by atoms with van der Waals surface area (Å²) in [6.45, 7) is 9.88. The van der Waals surface area contributed by atoms with E-state index < -0.39 is 0 Å². The molecule has 0 aliphatic carbocycles. The van der Waals surface area contributed by atoms with Gasteiger partial charge in [-0.2, -0.15) is 0 Å². The molecule has 1 amide bonds. The Balaban J connectivity index is 2.13. The summed E-state index contributed by atoms with van der Waals surface area (Å²) in [7, 11) is 0. The molecule has 0 bridgehead atoms. The Morgan fingerprint density at radius 2 is 1.93 bits per heavy atom. The van der Waals surface area contributed by atoms with Crippen LogP contribution in [0, 0.1) is 0 Å². The number of rotatable bonds is 3. The van der Waals surface area contributed by atoms with Gasteiger partial charge in [0.25, 0.3) is 0 Å². The predicted octanol–water partition coefficient (Wildman–Crippen LogP) is 1.21. The number of ether oxygens (including phenoxy) is 1. The van der Waals surface area contributed by atoms with Gasteiger partial charge in [-0.25, -0.2) is 4.79 Å². The summed E-state index contributed by atoms with van der Waals surface area (Å²) < 4.78 is 4.98. The molecule has 1 aliphatic heterocycles. The zero-order valence-corrected chi connectivity index (χ0v) is 9.41. The highest BCUT2D eigenvalue weighted by atomic mass is 16.6. The second-order valence-electron chi connectivity index (χ2n) is 4.34. The Bertz CT molecular complexity index is 198. The average molecular weight is 200 g/mol. The Kier molecular flexibility index (Phi) is 3.75. The van der Waals surface area contributed by atoms with Crippen LogP contribution in [-0.2, 0) is 4.74 Å². The summed E-state index contributed by atoms with van der Waals surface area (Å²) in [5.41, 5.74) is 0. The zero-order chi connectivity index (χ0) is 10.7. The topological polar surface area (TPSA) is 41.6 Å². The molecule has 4 heteroatoms. The highest BCUT2D eigenvalue weighted by Gasteiger charge is 2.29. The van der Waals surface area contributed by atoms with Crippen molar-refractivity contribution in [2.75, 3.05) is 13.1 Å². The number of amides is 1. The van der Waals surface area contributed by atoms with E-state index in [0.717, 1.165) is 13.1 Å². The molecule has 0 aromatic carbocycles. The van der Waals surface area contributed by atoms with Gasteiger partial charge in [0.2, 0.25) is 0 Å². The highest BCUT2D eigenvalue weighted by Crippen LogP contribution is 2.11. The lowest BCUT2D eigenvalue weighted by Crippen LogP contribution is -2.61. The molecule has 1 saturated heterocycles. The summed E-state index contributed by atoms with van der Waals surface area (Å²) in [5, 5.41) is 2.83. The summed E-state index contributed by atoms with van der Waals surface area (Å²) in [4.78, 5) is 13.5. The van der Waals surface area contributed by atoms with Crippen molar-refractivity contribution in [3.8, 4) is 0 Å². The first kappa shape index (κ1) is 11.3. The minimum Gasteiger partial charge on any atom is -0.447 e. The molecule has 0 aromatic rings. The van der Waals surface area contributed by atoms with E-state index in [4.69, 9.17) is 4.74 Å². The van der Waals surface area contributed by atoms with Crippen LogP contribution < -0.4 is 5.32 Å². The molecule has 82 valence electrons. The number of nitrogens with zero attached hydrogens (tertiary/aromatic N) is 1. The molecule has 1 rings (SSSR count). The fourth-order valence-electron chi connectivity index (χ4n) is 1.44. The third kappa shape index (κ3) is 3.18.